The first-order chi connectivity index (χ1) is 6.77. The standard InChI is InChI=1S/C10H18N2O2/c1-7(8-2-3-14-6-8)12-10(13)9-4-11-5-9/h7-9,11H,2-6H2,1H3,(H,12,13). The molecule has 4 nitrogen and oxygen atoms in total. The zero-order valence-electron chi connectivity index (χ0n) is 8.58. The van der Waals surface area contributed by atoms with Gasteiger partial charge in [-0.1, -0.05) is 0 Å². The van der Waals surface area contributed by atoms with Crippen molar-refractivity contribution >= 4 is 5.91 Å². The number of ether oxygens (including phenoxy) is 1. The molecule has 0 bridgehead atoms. The van der Waals surface area contributed by atoms with Crippen LogP contribution in [0.15, 0.2) is 0 Å². The summed E-state index contributed by atoms with van der Waals surface area (Å²) < 4.78 is 5.30. The van der Waals surface area contributed by atoms with Crippen LogP contribution in [0.4, 0.5) is 0 Å². The third kappa shape index (κ3) is 2.07. The van der Waals surface area contributed by atoms with Gasteiger partial charge in [0.25, 0.3) is 0 Å². The SMILES string of the molecule is CC(NC(=O)C1CNC1)C1CCOC1. The molecule has 4 heteroatoms. The molecule has 2 aliphatic heterocycles. The Hall–Kier alpha value is -0.610. The van der Waals surface area contributed by atoms with Crippen LogP contribution in [0, 0.1) is 11.8 Å². The van der Waals surface area contributed by atoms with Crippen molar-refractivity contribution in [2.45, 2.75) is 19.4 Å². The number of nitrogens with one attached hydrogen (secondary N) is 2. The summed E-state index contributed by atoms with van der Waals surface area (Å²) >= 11 is 0. The van der Waals surface area contributed by atoms with E-state index in [1.807, 2.05) is 0 Å². The molecular formula is C10H18N2O2. The summed E-state index contributed by atoms with van der Waals surface area (Å²) in [6.45, 7) is 5.38. The van der Waals surface area contributed by atoms with Crippen molar-refractivity contribution in [2.75, 3.05) is 26.3 Å². The fraction of sp³-hybridized carbons (Fsp3) is 0.900. The minimum Gasteiger partial charge on any atom is -0.381 e. The Balaban J connectivity index is 1.74. The lowest BCUT2D eigenvalue weighted by atomic mass is 9.98. The molecule has 2 heterocycles. The van der Waals surface area contributed by atoms with Crippen LogP contribution in [0.1, 0.15) is 13.3 Å². The van der Waals surface area contributed by atoms with Crippen LogP contribution in [-0.4, -0.2) is 38.3 Å². The Morgan fingerprint density at radius 3 is 2.86 bits per heavy atom. The Bertz CT molecular complexity index is 210. The average molecular weight is 198 g/mol. The van der Waals surface area contributed by atoms with Crippen molar-refractivity contribution in [2.24, 2.45) is 11.8 Å². The van der Waals surface area contributed by atoms with E-state index in [0.29, 0.717) is 5.92 Å². The van der Waals surface area contributed by atoms with Gasteiger partial charge in [-0.15, -0.1) is 0 Å². The van der Waals surface area contributed by atoms with E-state index in [2.05, 4.69) is 17.6 Å². The van der Waals surface area contributed by atoms with Crippen molar-refractivity contribution in [3.63, 3.8) is 0 Å². The summed E-state index contributed by atoms with van der Waals surface area (Å²) in [5.41, 5.74) is 0. The number of hydrogen-bond acceptors (Lipinski definition) is 3. The zero-order valence-corrected chi connectivity index (χ0v) is 8.58. The lowest BCUT2D eigenvalue weighted by molar-refractivity contribution is -0.127. The molecule has 2 aliphatic rings. The number of carbonyl (C=O) groups is 1. The number of rotatable bonds is 3. The number of hydrogen-bond donors (Lipinski definition) is 2. The van der Waals surface area contributed by atoms with E-state index in [0.717, 1.165) is 32.7 Å². The first-order valence-corrected chi connectivity index (χ1v) is 5.36. The highest BCUT2D eigenvalue weighted by Crippen LogP contribution is 2.17. The normalized spacial score (nSPS) is 29.6. The van der Waals surface area contributed by atoms with Gasteiger partial charge >= 0.3 is 0 Å². The Morgan fingerprint density at radius 1 is 1.57 bits per heavy atom. The Labute approximate surface area is 84.4 Å². The van der Waals surface area contributed by atoms with Gasteiger partial charge in [0.15, 0.2) is 0 Å². The quantitative estimate of drug-likeness (QED) is 0.657. The minimum absolute atomic E-state index is 0.194. The van der Waals surface area contributed by atoms with Crippen LogP contribution in [0.3, 0.4) is 0 Å². The molecule has 0 aromatic carbocycles. The number of carbonyl (C=O) groups excluding carboxylic acids is 1. The van der Waals surface area contributed by atoms with E-state index in [1.54, 1.807) is 0 Å². The highest BCUT2D eigenvalue weighted by Gasteiger charge is 2.29. The van der Waals surface area contributed by atoms with Crippen molar-refractivity contribution in [1.82, 2.24) is 10.6 Å². The summed E-state index contributed by atoms with van der Waals surface area (Å²) in [5, 5.41) is 6.16. The molecular weight excluding hydrogens is 180 g/mol. The fourth-order valence-corrected chi connectivity index (χ4v) is 1.88. The van der Waals surface area contributed by atoms with Gasteiger partial charge in [0.2, 0.25) is 5.91 Å². The van der Waals surface area contributed by atoms with E-state index in [9.17, 15) is 4.79 Å². The predicted molar refractivity (Wildman–Crippen MR) is 52.9 cm³/mol. The van der Waals surface area contributed by atoms with Crippen LogP contribution < -0.4 is 10.6 Å². The summed E-state index contributed by atoms with van der Waals surface area (Å²) in [5.74, 6) is 0.898. The second-order valence-electron chi connectivity index (χ2n) is 4.28. The van der Waals surface area contributed by atoms with Gasteiger partial charge in [-0.25, -0.2) is 0 Å². The van der Waals surface area contributed by atoms with Gasteiger partial charge in [-0.2, -0.15) is 0 Å². The summed E-state index contributed by atoms with van der Waals surface area (Å²) in [6, 6.07) is 0.255. The first kappa shape index (κ1) is 9.93. The maximum absolute atomic E-state index is 11.6. The zero-order chi connectivity index (χ0) is 9.97. The van der Waals surface area contributed by atoms with Crippen LogP contribution in [0.25, 0.3) is 0 Å². The second-order valence-corrected chi connectivity index (χ2v) is 4.28. The maximum atomic E-state index is 11.6. The molecule has 14 heavy (non-hydrogen) atoms. The first-order valence-electron chi connectivity index (χ1n) is 5.36. The number of amides is 1. The molecule has 2 rings (SSSR count). The van der Waals surface area contributed by atoms with Crippen LogP contribution >= 0.6 is 0 Å². The molecule has 2 fully saturated rings. The third-order valence-electron chi connectivity index (χ3n) is 3.19. The topological polar surface area (TPSA) is 50.4 Å². The van der Waals surface area contributed by atoms with Gasteiger partial charge in [0, 0.05) is 31.7 Å². The predicted octanol–water partition coefficient (Wildman–Crippen LogP) is -0.253. The van der Waals surface area contributed by atoms with Crippen molar-refractivity contribution in [3.8, 4) is 0 Å². The smallest absolute Gasteiger partial charge is 0.225 e. The van der Waals surface area contributed by atoms with Crippen LogP contribution in [0.2, 0.25) is 0 Å². The molecule has 0 aliphatic carbocycles. The Kier molecular flexibility index (Phi) is 3.03. The lowest BCUT2D eigenvalue weighted by Gasteiger charge is -2.28. The third-order valence-corrected chi connectivity index (χ3v) is 3.19. The molecule has 2 unspecified atom stereocenters. The van der Waals surface area contributed by atoms with E-state index < -0.39 is 0 Å². The van der Waals surface area contributed by atoms with Crippen LogP contribution in [-0.2, 0) is 9.53 Å². The van der Waals surface area contributed by atoms with E-state index >= 15 is 0 Å². The van der Waals surface area contributed by atoms with Crippen molar-refractivity contribution in [1.29, 1.82) is 0 Å². The Morgan fingerprint density at radius 2 is 2.36 bits per heavy atom. The summed E-state index contributed by atoms with van der Waals surface area (Å²) in [6.07, 6.45) is 1.07. The van der Waals surface area contributed by atoms with E-state index in [-0.39, 0.29) is 17.9 Å². The van der Waals surface area contributed by atoms with Gasteiger partial charge in [-0.3, -0.25) is 4.79 Å². The highest BCUT2D eigenvalue weighted by atomic mass is 16.5. The molecule has 0 aromatic heterocycles. The molecule has 1 amide bonds. The summed E-state index contributed by atoms with van der Waals surface area (Å²) in [4.78, 5) is 11.6. The molecule has 2 N–H and O–H groups in total. The molecule has 80 valence electrons. The molecule has 0 spiro atoms. The molecule has 0 radical (unpaired) electrons. The highest BCUT2D eigenvalue weighted by molar-refractivity contribution is 5.80. The molecule has 0 aromatic rings. The second kappa shape index (κ2) is 4.28. The molecule has 2 saturated heterocycles. The van der Waals surface area contributed by atoms with Gasteiger partial charge in [-0.05, 0) is 13.3 Å². The van der Waals surface area contributed by atoms with Gasteiger partial charge in [0.1, 0.15) is 0 Å². The molecule has 2 atom stereocenters. The summed E-state index contributed by atoms with van der Waals surface area (Å²) in [7, 11) is 0. The monoisotopic (exact) mass is 198 g/mol. The van der Waals surface area contributed by atoms with Crippen molar-refractivity contribution in [3.05, 3.63) is 0 Å². The minimum atomic E-state index is 0.194. The largest absolute Gasteiger partial charge is 0.381 e. The van der Waals surface area contributed by atoms with Crippen LogP contribution in [0.5, 0.6) is 0 Å². The van der Waals surface area contributed by atoms with Gasteiger partial charge in [0.05, 0.1) is 12.5 Å². The van der Waals surface area contributed by atoms with E-state index in [1.165, 1.54) is 0 Å². The fourth-order valence-electron chi connectivity index (χ4n) is 1.88. The van der Waals surface area contributed by atoms with E-state index in [4.69, 9.17) is 4.74 Å². The van der Waals surface area contributed by atoms with Crippen molar-refractivity contribution < 1.29 is 9.53 Å². The lowest BCUT2D eigenvalue weighted by Crippen LogP contribution is -2.53. The van der Waals surface area contributed by atoms with Gasteiger partial charge < -0.3 is 15.4 Å². The average Bonchev–Trinajstić information content (AvgIpc) is 2.51. The maximum Gasteiger partial charge on any atom is 0.225 e. The molecule has 0 saturated carbocycles.